The van der Waals surface area contributed by atoms with Gasteiger partial charge >= 0.3 is 0 Å². The summed E-state index contributed by atoms with van der Waals surface area (Å²) in [6.45, 7) is 7.06. The van der Waals surface area contributed by atoms with Crippen LogP contribution in [0.25, 0.3) is 0 Å². The molecule has 1 rings (SSSR count). The first kappa shape index (κ1) is 10.5. The molecular weight excluding hydrogens is 184 g/mol. The summed E-state index contributed by atoms with van der Waals surface area (Å²) < 4.78 is 0. The predicted molar refractivity (Wildman–Crippen MR) is 56.0 cm³/mol. The molecule has 0 saturated carbocycles. The van der Waals surface area contributed by atoms with E-state index in [0.717, 1.165) is 12.1 Å². The monoisotopic (exact) mass is 198 g/mol. The van der Waals surface area contributed by atoms with E-state index in [1.165, 1.54) is 5.56 Å². The van der Waals surface area contributed by atoms with E-state index < -0.39 is 0 Å². The normalized spacial score (nSPS) is 10.8. The van der Waals surface area contributed by atoms with Crippen molar-refractivity contribution in [2.24, 2.45) is 0 Å². The first-order valence-electron chi connectivity index (χ1n) is 4.44. The minimum absolute atomic E-state index is 0.496. The van der Waals surface area contributed by atoms with Crippen LogP contribution in [0.1, 0.15) is 25.0 Å². The Bertz CT molecular complexity index is 284. The molecule has 0 atom stereocenters. The lowest BCUT2D eigenvalue weighted by molar-refractivity contribution is 0.588. The lowest BCUT2D eigenvalue weighted by Gasteiger charge is -2.08. The van der Waals surface area contributed by atoms with Crippen LogP contribution in [0.5, 0.6) is 0 Å². The summed E-state index contributed by atoms with van der Waals surface area (Å²) in [5, 5.41) is 3.92. The molecule has 72 valence electrons. The Hall–Kier alpha value is -0.600. The smallest absolute Gasteiger partial charge is 0.131 e. The van der Waals surface area contributed by atoms with Gasteiger partial charge in [-0.15, -0.1) is 0 Å². The van der Waals surface area contributed by atoms with E-state index >= 15 is 0 Å². The van der Waals surface area contributed by atoms with Crippen molar-refractivity contribution in [2.75, 3.05) is 0 Å². The highest BCUT2D eigenvalue weighted by atomic mass is 35.5. The summed E-state index contributed by atoms with van der Waals surface area (Å²) in [5.41, 5.74) is 2.21. The second-order valence-electron chi connectivity index (χ2n) is 3.49. The predicted octanol–water partition coefficient (Wildman–Crippen LogP) is 2.54. The van der Waals surface area contributed by atoms with Gasteiger partial charge in [-0.25, -0.2) is 4.98 Å². The maximum atomic E-state index is 5.81. The highest BCUT2D eigenvalue weighted by molar-refractivity contribution is 6.30. The van der Waals surface area contributed by atoms with Gasteiger partial charge in [-0.1, -0.05) is 31.5 Å². The molecule has 0 saturated heterocycles. The first-order chi connectivity index (χ1) is 6.09. The highest BCUT2D eigenvalue weighted by Crippen LogP contribution is 2.12. The summed E-state index contributed by atoms with van der Waals surface area (Å²) in [6.07, 6.45) is 1.81. The van der Waals surface area contributed by atoms with E-state index in [4.69, 9.17) is 11.6 Å². The molecule has 2 nitrogen and oxygen atoms in total. The Labute approximate surface area is 84.3 Å². The number of hydrogen-bond acceptors (Lipinski definition) is 2. The number of pyridine rings is 1. The van der Waals surface area contributed by atoms with Crippen molar-refractivity contribution in [3.63, 3.8) is 0 Å². The molecule has 3 heteroatoms. The standard InChI is InChI=1S/C10H15ClN2/c1-7(2)12-5-9-4-8(3)10(11)13-6-9/h4,6-7,12H,5H2,1-3H3. The summed E-state index contributed by atoms with van der Waals surface area (Å²) in [6, 6.07) is 2.56. The number of nitrogens with zero attached hydrogens (tertiary/aromatic N) is 1. The highest BCUT2D eigenvalue weighted by Gasteiger charge is 1.99. The number of rotatable bonds is 3. The number of hydrogen-bond donors (Lipinski definition) is 1. The van der Waals surface area contributed by atoms with Crippen LogP contribution >= 0.6 is 11.6 Å². The van der Waals surface area contributed by atoms with Crippen molar-refractivity contribution in [1.29, 1.82) is 0 Å². The average Bonchev–Trinajstić information content (AvgIpc) is 2.07. The molecule has 1 aromatic rings. The fourth-order valence-corrected chi connectivity index (χ4v) is 1.14. The van der Waals surface area contributed by atoms with E-state index in [2.05, 4.69) is 30.2 Å². The zero-order valence-electron chi connectivity index (χ0n) is 8.26. The minimum atomic E-state index is 0.496. The Kier molecular flexibility index (Phi) is 3.70. The van der Waals surface area contributed by atoms with Gasteiger partial charge in [0.25, 0.3) is 0 Å². The lowest BCUT2D eigenvalue weighted by atomic mass is 10.2. The maximum absolute atomic E-state index is 5.81. The molecule has 0 fully saturated rings. The molecule has 0 bridgehead atoms. The van der Waals surface area contributed by atoms with Crippen LogP contribution in [-0.2, 0) is 6.54 Å². The maximum Gasteiger partial charge on any atom is 0.131 e. The van der Waals surface area contributed by atoms with E-state index in [0.29, 0.717) is 11.2 Å². The van der Waals surface area contributed by atoms with Gasteiger partial charge < -0.3 is 5.32 Å². The molecule has 13 heavy (non-hydrogen) atoms. The summed E-state index contributed by atoms with van der Waals surface area (Å²) in [7, 11) is 0. The molecule has 0 aliphatic carbocycles. The quantitative estimate of drug-likeness (QED) is 0.756. The van der Waals surface area contributed by atoms with Crippen LogP contribution in [0.3, 0.4) is 0 Å². The zero-order chi connectivity index (χ0) is 9.84. The average molecular weight is 199 g/mol. The Morgan fingerprint density at radius 1 is 1.54 bits per heavy atom. The van der Waals surface area contributed by atoms with Gasteiger partial charge in [0.05, 0.1) is 0 Å². The number of aryl methyl sites for hydroxylation is 1. The lowest BCUT2D eigenvalue weighted by Crippen LogP contribution is -2.21. The second kappa shape index (κ2) is 4.58. The molecule has 0 spiro atoms. The van der Waals surface area contributed by atoms with Gasteiger partial charge in [0, 0.05) is 18.8 Å². The van der Waals surface area contributed by atoms with Gasteiger partial charge in [0.2, 0.25) is 0 Å². The Morgan fingerprint density at radius 3 is 2.77 bits per heavy atom. The van der Waals surface area contributed by atoms with Crippen molar-refractivity contribution in [1.82, 2.24) is 10.3 Å². The Morgan fingerprint density at radius 2 is 2.23 bits per heavy atom. The van der Waals surface area contributed by atoms with Crippen molar-refractivity contribution in [3.8, 4) is 0 Å². The molecule has 0 radical (unpaired) electrons. The van der Waals surface area contributed by atoms with Crippen LogP contribution in [-0.4, -0.2) is 11.0 Å². The van der Waals surface area contributed by atoms with Gasteiger partial charge in [0.15, 0.2) is 0 Å². The van der Waals surface area contributed by atoms with Crippen LogP contribution < -0.4 is 5.32 Å². The van der Waals surface area contributed by atoms with Gasteiger partial charge in [-0.3, -0.25) is 0 Å². The molecule has 0 aromatic carbocycles. The van der Waals surface area contributed by atoms with Crippen molar-refractivity contribution < 1.29 is 0 Å². The molecule has 1 aromatic heterocycles. The summed E-state index contributed by atoms with van der Waals surface area (Å²) in [4.78, 5) is 4.08. The third-order valence-corrected chi connectivity index (χ3v) is 2.18. The molecule has 0 amide bonds. The van der Waals surface area contributed by atoms with Crippen LogP contribution in [0.15, 0.2) is 12.3 Å². The van der Waals surface area contributed by atoms with Gasteiger partial charge in [0.1, 0.15) is 5.15 Å². The van der Waals surface area contributed by atoms with E-state index in [1.807, 2.05) is 13.1 Å². The Balaban J connectivity index is 2.63. The van der Waals surface area contributed by atoms with E-state index in [-0.39, 0.29) is 0 Å². The molecule has 0 unspecified atom stereocenters. The minimum Gasteiger partial charge on any atom is -0.310 e. The number of aromatic nitrogens is 1. The second-order valence-corrected chi connectivity index (χ2v) is 3.84. The number of halogens is 1. The SMILES string of the molecule is Cc1cc(CNC(C)C)cnc1Cl. The van der Waals surface area contributed by atoms with Gasteiger partial charge in [-0.2, -0.15) is 0 Å². The fraction of sp³-hybridized carbons (Fsp3) is 0.500. The zero-order valence-corrected chi connectivity index (χ0v) is 9.02. The van der Waals surface area contributed by atoms with Gasteiger partial charge in [-0.05, 0) is 18.1 Å². The topological polar surface area (TPSA) is 24.9 Å². The van der Waals surface area contributed by atoms with Crippen molar-refractivity contribution in [3.05, 3.63) is 28.5 Å². The largest absolute Gasteiger partial charge is 0.310 e. The van der Waals surface area contributed by atoms with E-state index in [1.54, 1.807) is 0 Å². The fourth-order valence-electron chi connectivity index (χ4n) is 1.03. The molecular formula is C10H15ClN2. The summed E-state index contributed by atoms with van der Waals surface area (Å²) in [5.74, 6) is 0. The first-order valence-corrected chi connectivity index (χ1v) is 4.82. The molecule has 1 heterocycles. The van der Waals surface area contributed by atoms with E-state index in [9.17, 15) is 0 Å². The van der Waals surface area contributed by atoms with Crippen molar-refractivity contribution in [2.45, 2.75) is 33.4 Å². The third kappa shape index (κ3) is 3.33. The van der Waals surface area contributed by atoms with Crippen molar-refractivity contribution >= 4 is 11.6 Å². The molecule has 1 N–H and O–H groups in total. The third-order valence-electron chi connectivity index (χ3n) is 1.79. The molecule has 0 aliphatic heterocycles. The van der Waals surface area contributed by atoms with Crippen LogP contribution in [0.4, 0.5) is 0 Å². The summed E-state index contributed by atoms with van der Waals surface area (Å²) >= 11 is 5.81. The van der Waals surface area contributed by atoms with Crippen LogP contribution in [0, 0.1) is 6.92 Å². The molecule has 0 aliphatic rings. The number of nitrogens with one attached hydrogen (secondary N) is 1. The van der Waals surface area contributed by atoms with Crippen LogP contribution in [0.2, 0.25) is 5.15 Å².